The summed E-state index contributed by atoms with van der Waals surface area (Å²) in [5, 5.41) is 5.13. The molecule has 5 nitrogen and oxygen atoms in total. The van der Waals surface area contributed by atoms with E-state index < -0.39 is 5.82 Å². The molecule has 1 aromatic carbocycles. The van der Waals surface area contributed by atoms with Crippen LogP contribution in [0.25, 0.3) is 11.3 Å². The van der Waals surface area contributed by atoms with Gasteiger partial charge in [0, 0.05) is 22.9 Å². The second-order valence-corrected chi connectivity index (χ2v) is 6.50. The standard InChI is InChI=1S/C16H18FN3O2S.ClH/c1-22-14-5-3-9(7-12(14)17)13-8-23-16(19-13)20-15(21)10-2-4-11(18)6-10;/h3,5,7-8,10-11H,2,4,6,18H2,1H3,(H,19,20,21);1H. The molecule has 24 heavy (non-hydrogen) atoms. The Hall–Kier alpha value is -1.70. The zero-order chi connectivity index (χ0) is 16.4. The Morgan fingerprint density at radius 1 is 1.46 bits per heavy atom. The van der Waals surface area contributed by atoms with E-state index in [1.807, 2.05) is 0 Å². The van der Waals surface area contributed by atoms with Gasteiger partial charge in [-0.3, -0.25) is 4.79 Å². The monoisotopic (exact) mass is 371 g/mol. The summed E-state index contributed by atoms with van der Waals surface area (Å²) in [4.78, 5) is 16.5. The van der Waals surface area contributed by atoms with Crippen LogP contribution in [0.2, 0.25) is 0 Å². The highest BCUT2D eigenvalue weighted by atomic mass is 35.5. The normalized spacial score (nSPS) is 19.6. The first kappa shape index (κ1) is 18.6. The number of nitrogens with two attached hydrogens (primary N) is 1. The number of rotatable bonds is 4. The van der Waals surface area contributed by atoms with Crippen molar-refractivity contribution in [2.24, 2.45) is 11.7 Å². The van der Waals surface area contributed by atoms with Crippen molar-refractivity contribution in [3.05, 3.63) is 29.4 Å². The Balaban J connectivity index is 0.00000208. The summed E-state index contributed by atoms with van der Waals surface area (Å²) < 4.78 is 18.7. The van der Waals surface area contributed by atoms with Crippen LogP contribution in [-0.2, 0) is 4.79 Å². The van der Waals surface area contributed by atoms with Crippen LogP contribution < -0.4 is 15.8 Å². The van der Waals surface area contributed by atoms with Gasteiger partial charge in [0.1, 0.15) is 0 Å². The maximum absolute atomic E-state index is 13.8. The summed E-state index contributed by atoms with van der Waals surface area (Å²) in [5.74, 6) is -0.339. The van der Waals surface area contributed by atoms with E-state index in [1.54, 1.807) is 17.5 Å². The molecule has 0 radical (unpaired) electrons. The average molecular weight is 372 g/mol. The number of benzene rings is 1. The Labute approximate surface area is 149 Å². The molecule has 2 unspecified atom stereocenters. The number of anilines is 1. The van der Waals surface area contributed by atoms with Gasteiger partial charge in [-0.1, -0.05) is 0 Å². The molecule has 130 valence electrons. The molecule has 0 aliphatic heterocycles. The first-order chi connectivity index (χ1) is 11.1. The lowest BCUT2D eigenvalue weighted by molar-refractivity contribution is -0.119. The van der Waals surface area contributed by atoms with E-state index >= 15 is 0 Å². The average Bonchev–Trinajstić information content (AvgIpc) is 3.16. The fourth-order valence-corrected chi connectivity index (χ4v) is 3.47. The fraction of sp³-hybridized carbons (Fsp3) is 0.375. The fourth-order valence-electron chi connectivity index (χ4n) is 2.75. The number of ether oxygens (including phenoxy) is 1. The van der Waals surface area contributed by atoms with Crippen LogP contribution in [-0.4, -0.2) is 24.0 Å². The van der Waals surface area contributed by atoms with Crippen LogP contribution >= 0.6 is 23.7 Å². The van der Waals surface area contributed by atoms with Crippen LogP contribution in [0, 0.1) is 11.7 Å². The van der Waals surface area contributed by atoms with E-state index in [2.05, 4.69) is 10.3 Å². The molecule has 1 aromatic heterocycles. The molecule has 1 saturated carbocycles. The van der Waals surface area contributed by atoms with Gasteiger partial charge in [-0.15, -0.1) is 23.7 Å². The van der Waals surface area contributed by atoms with Crippen molar-refractivity contribution in [3.63, 3.8) is 0 Å². The van der Waals surface area contributed by atoms with E-state index in [-0.39, 0.29) is 36.0 Å². The number of nitrogens with zero attached hydrogens (tertiary/aromatic N) is 1. The topological polar surface area (TPSA) is 77.2 Å². The Kier molecular flexibility index (Phi) is 6.15. The smallest absolute Gasteiger partial charge is 0.229 e. The van der Waals surface area contributed by atoms with Gasteiger partial charge in [-0.05, 0) is 37.5 Å². The Morgan fingerprint density at radius 2 is 2.25 bits per heavy atom. The van der Waals surface area contributed by atoms with Crippen molar-refractivity contribution >= 4 is 34.8 Å². The molecule has 3 rings (SSSR count). The van der Waals surface area contributed by atoms with E-state index in [1.165, 1.54) is 24.5 Å². The Bertz CT molecular complexity index is 725. The molecule has 2 aromatic rings. The molecule has 3 N–H and O–H groups in total. The van der Waals surface area contributed by atoms with Crippen LogP contribution in [0.5, 0.6) is 5.75 Å². The van der Waals surface area contributed by atoms with Gasteiger partial charge in [-0.2, -0.15) is 0 Å². The number of carbonyl (C=O) groups excluding carboxylic acids is 1. The maximum atomic E-state index is 13.8. The van der Waals surface area contributed by atoms with Gasteiger partial charge in [0.05, 0.1) is 12.8 Å². The molecule has 0 spiro atoms. The van der Waals surface area contributed by atoms with Gasteiger partial charge in [0.15, 0.2) is 16.7 Å². The molecule has 2 atom stereocenters. The van der Waals surface area contributed by atoms with Crippen molar-refractivity contribution in [2.45, 2.75) is 25.3 Å². The molecule has 1 amide bonds. The van der Waals surface area contributed by atoms with E-state index in [0.717, 1.165) is 12.8 Å². The lowest BCUT2D eigenvalue weighted by Gasteiger charge is -2.08. The highest BCUT2D eigenvalue weighted by molar-refractivity contribution is 7.14. The summed E-state index contributed by atoms with van der Waals surface area (Å²) in [7, 11) is 1.42. The van der Waals surface area contributed by atoms with Gasteiger partial charge in [0.25, 0.3) is 0 Å². The third-order valence-corrected chi connectivity index (χ3v) is 4.78. The predicted octanol–water partition coefficient (Wildman–Crippen LogP) is 3.45. The van der Waals surface area contributed by atoms with Gasteiger partial charge in [-0.25, -0.2) is 9.37 Å². The minimum atomic E-state index is -0.441. The quantitative estimate of drug-likeness (QED) is 0.863. The second kappa shape index (κ2) is 7.92. The lowest BCUT2D eigenvalue weighted by Crippen LogP contribution is -2.23. The summed E-state index contributed by atoms with van der Waals surface area (Å²) >= 11 is 1.32. The number of thiazole rings is 1. The first-order valence-electron chi connectivity index (χ1n) is 7.42. The molecule has 1 heterocycles. The number of carbonyl (C=O) groups is 1. The number of hydrogen-bond donors (Lipinski definition) is 2. The van der Waals surface area contributed by atoms with Crippen LogP contribution in [0.15, 0.2) is 23.6 Å². The number of hydrogen-bond acceptors (Lipinski definition) is 5. The highest BCUT2D eigenvalue weighted by Crippen LogP contribution is 2.30. The first-order valence-corrected chi connectivity index (χ1v) is 8.30. The lowest BCUT2D eigenvalue weighted by atomic mass is 10.1. The maximum Gasteiger partial charge on any atom is 0.229 e. The summed E-state index contributed by atoms with van der Waals surface area (Å²) in [6, 6.07) is 4.77. The second-order valence-electron chi connectivity index (χ2n) is 5.65. The number of aromatic nitrogens is 1. The minimum absolute atomic E-state index is 0. The summed E-state index contributed by atoms with van der Waals surface area (Å²) in [6.45, 7) is 0. The summed E-state index contributed by atoms with van der Waals surface area (Å²) in [6.07, 6.45) is 2.41. The molecule has 0 saturated heterocycles. The molecule has 8 heteroatoms. The van der Waals surface area contributed by atoms with Crippen LogP contribution in [0.3, 0.4) is 0 Å². The van der Waals surface area contributed by atoms with Crippen LogP contribution in [0.4, 0.5) is 9.52 Å². The predicted molar refractivity (Wildman–Crippen MR) is 95.3 cm³/mol. The van der Waals surface area contributed by atoms with Crippen molar-refractivity contribution < 1.29 is 13.9 Å². The van der Waals surface area contributed by atoms with Crippen molar-refractivity contribution in [3.8, 4) is 17.0 Å². The zero-order valence-corrected chi connectivity index (χ0v) is 14.8. The molecule has 0 bridgehead atoms. The number of amides is 1. The van der Waals surface area contributed by atoms with Crippen molar-refractivity contribution in [1.82, 2.24) is 4.98 Å². The van der Waals surface area contributed by atoms with E-state index in [4.69, 9.17) is 10.5 Å². The summed E-state index contributed by atoms with van der Waals surface area (Å²) in [5.41, 5.74) is 7.10. The van der Waals surface area contributed by atoms with Crippen LogP contribution in [0.1, 0.15) is 19.3 Å². The van der Waals surface area contributed by atoms with E-state index in [9.17, 15) is 9.18 Å². The highest BCUT2D eigenvalue weighted by Gasteiger charge is 2.28. The molecule has 1 aliphatic rings. The molecular weight excluding hydrogens is 353 g/mol. The molecule has 1 aliphatic carbocycles. The van der Waals surface area contributed by atoms with Crippen molar-refractivity contribution in [1.29, 1.82) is 0 Å². The van der Waals surface area contributed by atoms with E-state index in [0.29, 0.717) is 22.8 Å². The zero-order valence-electron chi connectivity index (χ0n) is 13.1. The number of halogens is 2. The third kappa shape index (κ3) is 4.03. The van der Waals surface area contributed by atoms with Gasteiger partial charge < -0.3 is 15.8 Å². The third-order valence-electron chi connectivity index (χ3n) is 4.03. The minimum Gasteiger partial charge on any atom is -0.494 e. The number of methoxy groups -OCH3 is 1. The molecular formula is C16H19ClFN3O2S. The van der Waals surface area contributed by atoms with Crippen molar-refractivity contribution in [2.75, 3.05) is 12.4 Å². The van der Waals surface area contributed by atoms with Gasteiger partial charge in [0.2, 0.25) is 5.91 Å². The number of nitrogens with one attached hydrogen (secondary N) is 1. The molecule has 1 fully saturated rings. The largest absolute Gasteiger partial charge is 0.494 e. The SMILES string of the molecule is COc1ccc(-c2csc(NC(=O)C3CCC(N)C3)n2)cc1F.Cl. The van der Waals surface area contributed by atoms with Gasteiger partial charge >= 0.3 is 0 Å². The Morgan fingerprint density at radius 3 is 2.88 bits per heavy atom.